The molecule has 0 spiro atoms. The molecule has 0 bridgehead atoms. The minimum Gasteiger partial charge on any atom is -0.481 e. The molecule has 3 N–H and O–H groups in total. The maximum atomic E-state index is 12.1. The summed E-state index contributed by atoms with van der Waals surface area (Å²) in [6.45, 7) is 0.957. The number of ether oxygens (including phenoxy) is 1. The lowest BCUT2D eigenvalue weighted by atomic mass is 10.1. The first kappa shape index (κ1) is 15.1. The fraction of sp³-hybridized carbons (Fsp3) is 0.615. The van der Waals surface area contributed by atoms with E-state index < -0.39 is 18.0 Å². The number of carbonyl (C=O) groups is 3. The Morgan fingerprint density at radius 2 is 2.05 bits per heavy atom. The van der Waals surface area contributed by atoms with E-state index in [0.29, 0.717) is 25.9 Å². The summed E-state index contributed by atoms with van der Waals surface area (Å²) < 4.78 is 4.52. The zero-order chi connectivity index (χ0) is 15.4. The van der Waals surface area contributed by atoms with Crippen LogP contribution in [0.4, 0.5) is 9.59 Å². The van der Waals surface area contributed by atoms with E-state index in [1.807, 2.05) is 0 Å². The van der Waals surface area contributed by atoms with Crippen LogP contribution < -0.4 is 10.6 Å². The van der Waals surface area contributed by atoms with E-state index in [1.165, 1.54) is 7.11 Å². The lowest BCUT2D eigenvalue weighted by molar-refractivity contribution is -0.140. The van der Waals surface area contributed by atoms with Gasteiger partial charge in [0.1, 0.15) is 0 Å². The molecule has 2 rings (SSSR count). The second-order valence-corrected chi connectivity index (χ2v) is 5.19. The van der Waals surface area contributed by atoms with Gasteiger partial charge in [0.05, 0.1) is 25.1 Å². The van der Waals surface area contributed by atoms with E-state index in [2.05, 4.69) is 15.4 Å². The standard InChI is InChI=1S/C13H19N3O5/c1-21-13(20)15-10-4-5-16(7-10)12(19)14-9-3-2-8(6-9)11(17)18/h2-3,8-10H,4-7H2,1H3,(H,14,19)(H,15,20)(H,17,18). The number of alkyl carbamates (subject to hydrolysis) is 1. The summed E-state index contributed by atoms with van der Waals surface area (Å²) in [5.41, 5.74) is 0. The van der Waals surface area contributed by atoms with E-state index in [9.17, 15) is 14.4 Å². The predicted molar refractivity (Wildman–Crippen MR) is 72.7 cm³/mol. The smallest absolute Gasteiger partial charge is 0.407 e. The Kier molecular flexibility index (Phi) is 4.66. The molecule has 116 valence electrons. The van der Waals surface area contributed by atoms with Crippen molar-refractivity contribution < 1.29 is 24.2 Å². The second kappa shape index (κ2) is 6.47. The van der Waals surface area contributed by atoms with Gasteiger partial charge < -0.3 is 25.4 Å². The van der Waals surface area contributed by atoms with Crippen molar-refractivity contribution in [2.24, 2.45) is 5.92 Å². The highest BCUT2D eigenvalue weighted by Gasteiger charge is 2.30. The van der Waals surface area contributed by atoms with E-state index >= 15 is 0 Å². The molecular formula is C13H19N3O5. The van der Waals surface area contributed by atoms with Crippen molar-refractivity contribution in [3.8, 4) is 0 Å². The maximum absolute atomic E-state index is 12.1. The Hall–Kier alpha value is -2.25. The monoisotopic (exact) mass is 297 g/mol. The SMILES string of the molecule is COC(=O)NC1CCN(C(=O)NC2C=CC(C(=O)O)C2)C1. The van der Waals surface area contributed by atoms with Crippen LogP contribution in [0.1, 0.15) is 12.8 Å². The highest BCUT2D eigenvalue weighted by atomic mass is 16.5. The first-order chi connectivity index (χ1) is 9.99. The van der Waals surface area contributed by atoms with Crippen LogP contribution in [0.2, 0.25) is 0 Å². The number of methoxy groups -OCH3 is 1. The molecular weight excluding hydrogens is 278 g/mol. The zero-order valence-corrected chi connectivity index (χ0v) is 11.7. The summed E-state index contributed by atoms with van der Waals surface area (Å²) in [5, 5.41) is 14.3. The van der Waals surface area contributed by atoms with Crippen molar-refractivity contribution in [1.82, 2.24) is 15.5 Å². The molecule has 0 radical (unpaired) electrons. The van der Waals surface area contributed by atoms with Crippen LogP contribution in [0.25, 0.3) is 0 Å². The summed E-state index contributed by atoms with van der Waals surface area (Å²) >= 11 is 0. The van der Waals surface area contributed by atoms with Gasteiger partial charge in [-0.05, 0) is 12.8 Å². The van der Waals surface area contributed by atoms with Gasteiger partial charge in [-0.2, -0.15) is 0 Å². The largest absolute Gasteiger partial charge is 0.481 e. The number of carboxylic acids is 1. The number of nitrogens with zero attached hydrogens (tertiary/aromatic N) is 1. The number of aliphatic carboxylic acids is 1. The Balaban J connectivity index is 1.76. The highest BCUT2D eigenvalue weighted by Crippen LogP contribution is 2.18. The molecule has 3 atom stereocenters. The summed E-state index contributed by atoms with van der Waals surface area (Å²) in [7, 11) is 1.29. The second-order valence-electron chi connectivity index (χ2n) is 5.19. The summed E-state index contributed by atoms with van der Waals surface area (Å²) in [6.07, 6.45) is 3.83. The molecule has 1 aliphatic heterocycles. The lowest BCUT2D eigenvalue weighted by Gasteiger charge is -2.20. The van der Waals surface area contributed by atoms with Gasteiger partial charge >= 0.3 is 18.1 Å². The number of carboxylic acid groups (broad SMARTS) is 1. The first-order valence-electron chi connectivity index (χ1n) is 6.80. The molecule has 1 aliphatic carbocycles. The topological polar surface area (TPSA) is 108 Å². The van der Waals surface area contributed by atoms with Crippen LogP contribution in [0.5, 0.6) is 0 Å². The fourth-order valence-corrected chi connectivity index (χ4v) is 2.53. The molecule has 0 aromatic rings. The van der Waals surface area contributed by atoms with Crippen LogP contribution in [0.3, 0.4) is 0 Å². The van der Waals surface area contributed by atoms with Gasteiger partial charge in [-0.15, -0.1) is 0 Å². The Bertz CT molecular complexity index is 465. The Labute approximate surface area is 122 Å². The molecule has 3 unspecified atom stereocenters. The molecule has 21 heavy (non-hydrogen) atoms. The molecule has 0 saturated carbocycles. The number of hydrogen-bond acceptors (Lipinski definition) is 4. The first-order valence-corrected chi connectivity index (χ1v) is 6.80. The van der Waals surface area contributed by atoms with Crippen LogP contribution in [-0.4, -0.2) is 60.4 Å². The zero-order valence-electron chi connectivity index (χ0n) is 11.7. The van der Waals surface area contributed by atoms with Crippen LogP contribution >= 0.6 is 0 Å². The molecule has 1 fully saturated rings. The lowest BCUT2D eigenvalue weighted by Crippen LogP contribution is -2.45. The van der Waals surface area contributed by atoms with Crippen molar-refractivity contribution in [3.63, 3.8) is 0 Å². The number of carbonyl (C=O) groups excluding carboxylic acids is 2. The van der Waals surface area contributed by atoms with Crippen molar-refractivity contribution in [2.45, 2.75) is 24.9 Å². The molecule has 2 aliphatic rings. The molecule has 1 heterocycles. The maximum Gasteiger partial charge on any atom is 0.407 e. The highest BCUT2D eigenvalue weighted by molar-refractivity contribution is 5.77. The molecule has 0 aromatic heterocycles. The van der Waals surface area contributed by atoms with E-state index in [4.69, 9.17) is 5.11 Å². The number of hydrogen-bond donors (Lipinski definition) is 3. The van der Waals surface area contributed by atoms with Crippen molar-refractivity contribution in [1.29, 1.82) is 0 Å². The van der Waals surface area contributed by atoms with E-state index in [1.54, 1.807) is 17.1 Å². The molecule has 0 aromatic carbocycles. The number of rotatable bonds is 3. The van der Waals surface area contributed by atoms with Gasteiger partial charge in [-0.1, -0.05) is 12.2 Å². The molecule has 3 amide bonds. The van der Waals surface area contributed by atoms with Crippen LogP contribution in [-0.2, 0) is 9.53 Å². The van der Waals surface area contributed by atoms with Gasteiger partial charge in [-0.3, -0.25) is 4.79 Å². The number of likely N-dealkylation sites (tertiary alicyclic amines) is 1. The van der Waals surface area contributed by atoms with Gasteiger partial charge in [0.15, 0.2) is 0 Å². The van der Waals surface area contributed by atoms with Gasteiger partial charge in [0, 0.05) is 13.1 Å². The third-order valence-corrected chi connectivity index (χ3v) is 3.69. The minimum absolute atomic E-state index is 0.117. The minimum atomic E-state index is -0.883. The quantitative estimate of drug-likeness (QED) is 0.643. The van der Waals surface area contributed by atoms with E-state index in [-0.39, 0.29) is 18.1 Å². The predicted octanol–water partition coefficient (Wildman–Crippen LogP) is 0.156. The molecule has 8 heteroatoms. The number of nitrogens with one attached hydrogen (secondary N) is 2. The van der Waals surface area contributed by atoms with Crippen LogP contribution in [0, 0.1) is 5.92 Å². The average Bonchev–Trinajstić information content (AvgIpc) is 3.07. The number of urea groups is 1. The van der Waals surface area contributed by atoms with Gasteiger partial charge in [0.2, 0.25) is 0 Å². The third-order valence-electron chi connectivity index (χ3n) is 3.69. The number of amides is 3. The fourth-order valence-electron chi connectivity index (χ4n) is 2.53. The van der Waals surface area contributed by atoms with Gasteiger partial charge in [0.25, 0.3) is 0 Å². The Morgan fingerprint density at radius 1 is 1.29 bits per heavy atom. The third kappa shape index (κ3) is 3.87. The summed E-state index contributed by atoms with van der Waals surface area (Å²) in [5.74, 6) is -1.42. The van der Waals surface area contributed by atoms with Crippen LogP contribution in [0.15, 0.2) is 12.2 Å². The van der Waals surface area contributed by atoms with Crippen molar-refractivity contribution in [2.75, 3.05) is 20.2 Å². The Morgan fingerprint density at radius 3 is 2.67 bits per heavy atom. The summed E-state index contributed by atoms with van der Waals surface area (Å²) in [6, 6.07) is -0.620. The van der Waals surface area contributed by atoms with Crippen molar-refractivity contribution in [3.05, 3.63) is 12.2 Å². The summed E-state index contributed by atoms with van der Waals surface area (Å²) in [4.78, 5) is 35.6. The molecule has 8 nitrogen and oxygen atoms in total. The normalized spacial score (nSPS) is 27.5. The average molecular weight is 297 g/mol. The van der Waals surface area contributed by atoms with Gasteiger partial charge in [-0.25, -0.2) is 9.59 Å². The molecule has 1 saturated heterocycles. The van der Waals surface area contributed by atoms with Crippen molar-refractivity contribution >= 4 is 18.1 Å². The van der Waals surface area contributed by atoms with E-state index in [0.717, 1.165) is 0 Å².